The van der Waals surface area contributed by atoms with E-state index in [-0.39, 0.29) is 12.0 Å². The van der Waals surface area contributed by atoms with Crippen LogP contribution in [0.25, 0.3) is 11.1 Å². The number of piperidine rings is 1. The van der Waals surface area contributed by atoms with E-state index in [4.69, 9.17) is 9.47 Å². The van der Waals surface area contributed by atoms with E-state index in [1.54, 1.807) is 0 Å². The molecule has 1 aliphatic rings. The number of likely N-dealkylation sites (tertiary alicyclic amines) is 1. The van der Waals surface area contributed by atoms with E-state index in [0.717, 1.165) is 106 Å². The van der Waals surface area contributed by atoms with Gasteiger partial charge < -0.3 is 24.6 Å². The van der Waals surface area contributed by atoms with Crippen LogP contribution in [0.1, 0.15) is 63.9 Å². The van der Waals surface area contributed by atoms with E-state index in [2.05, 4.69) is 27.8 Å². The first-order chi connectivity index (χ1) is 23.9. The molecule has 1 aliphatic heterocycles. The van der Waals surface area contributed by atoms with Gasteiger partial charge in [0.1, 0.15) is 6.10 Å². The molecule has 0 radical (unpaired) electrons. The molecule has 49 heavy (non-hydrogen) atoms. The number of carbonyl (C=O) groups excluding carboxylic acids is 3. The molecular weight excluding hydrogens is 618 g/mol. The Morgan fingerprint density at radius 1 is 0.837 bits per heavy atom. The lowest BCUT2D eigenvalue weighted by molar-refractivity contribution is -0.130. The number of amides is 3. The van der Waals surface area contributed by atoms with E-state index >= 15 is 0 Å². The number of unbranched alkanes of at least 4 members (excludes halogenated alkanes) is 3. The minimum atomic E-state index is -0.426. The summed E-state index contributed by atoms with van der Waals surface area (Å²) in [5.74, 6) is 0.182. The molecule has 1 saturated heterocycles. The SMILES string of the molecule is CCCCOC(=O)Nc1ccc(CNCCCCCC(=O)N(C)CCN2CCC(OC(=O)Nc3ccccc3-c3ccccc3)CC2)cc1. The highest BCUT2D eigenvalue weighted by atomic mass is 16.6. The molecule has 1 fully saturated rings. The number of nitrogens with zero attached hydrogens (tertiary/aromatic N) is 2. The van der Waals surface area contributed by atoms with Crippen molar-refractivity contribution in [3.05, 3.63) is 84.4 Å². The summed E-state index contributed by atoms with van der Waals surface area (Å²) in [5.41, 5.74) is 4.59. The molecule has 0 unspecified atom stereocenters. The van der Waals surface area contributed by atoms with Crippen LogP contribution in [0, 0.1) is 0 Å². The fraction of sp³-hybridized carbons (Fsp3) is 0.462. The standard InChI is InChI=1S/C39H53N5O5/c1-3-4-29-48-38(46)41-33-20-18-31(19-21-33)30-40-24-12-6-9-17-37(45)43(2)27-28-44-25-22-34(23-26-44)49-39(47)42-36-16-11-10-15-35(36)32-13-7-5-8-14-32/h5,7-8,10-11,13-16,18-21,34,40H,3-4,6,9,12,17,22-30H2,1-2H3,(H,41,46)(H,42,47). The van der Waals surface area contributed by atoms with Crippen molar-refractivity contribution in [2.24, 2.45) is 0 Å². The number of carbonyl (C=O) groups is 3. The Kier molecular flexibility index (Phi) is 15.9. The number of para-hydroxylation sites is 1. The van der Waals surface area contributed by atoms with Crippen LogP contribution < -0.4 is 16.0 Å². The molecule has 1 heterocycles. The lowest BCUT2D eigenvalue weighted by atomic mass is 10.0. The number of rotatable bonds is 18. The average molecular weight is 672 g/mol. The zero-order chi connectivity index (χ0) is 34.7. The van der Waals surface area contributed by atoms with Crippen LogP contribution in [0.2, 0.25) is 0 Å². The van der Waals surface area contributed by atoms with Crippen LogP contribution in [0.15, 0.2) is 78.9 Å². The first kappa shape index (κ1) is 37.4. The maximum absolute atomic E-state index is 12.7. The number of benzene rings is 3. The van der Waals surface area contributed by atoms with Crippen LogP contribution in [0.3, 0.4) is 0 Å². The highest BCUT2D eigenvalue weighted by molar-refractivity contribution is 5.91. The van der Waals surface area contributed by atoms with E-state index in [1.807, 2.05) is 90.8 Å². The molecule has 10 nitrogen and oxygen atoms in total. The lowest BCUT2D eigenvalue weighted by Crippen LogP contribution is -2.42. The molecule has 10 heteroatoms. The Morgan fingerprint density at radius 3 is 2.33 bits per heavy atom. The second-order valence-electron chi connectivity index (χ2n) is 12.6. The minimum absolute atomic E-state index is 0.121. The monoisotopic (exact) mass is 671 g/mol. The number of hydrogen-bond donors (Lipinski definition) is 3. The average Bonchev–Trinajstić information content (AvgIpc) is 3.12. The van der Waals surface area contributed by atoms with Crippen LogP contribution >= 0.6 is 0 Å². The van der Waals surface area contributed by atoms with E-state index in [0.29, 0.717) is 19.6 Å². The molecule has 3 aromatic rings. The van der Waals surface area contributed by atoms with Crippen molar-refractivity contribution >= 4 is 29.5 Å². The maximum Gasteiger partial charge on any atom is 0.411 e. The van der Waals surface area contributed by atoms with Gasteiger partial charge in [-0.15, -0.1) is 0 Å². The maximum atomic E-state index is 12.7. The highest BCUT2D eigenvalue weighted by Crippen LogP contribution is 2.28. The van der Waals surface area contributed by atoms with Gasteiger partial charge in [-0.1, -0.05) is 80.4 Å². The van der Waals surface area contributed by atoms with Crippen LogP contribution in [-0.2, 0) is 20.8 Å². The summed E-state index contributed by atoms with van der Waals surface area (Å²) in [6.45, 7) is 7.30. The van der Waals surface area contributed by atoms with Gasteiger partial charge in [-0.05, 0) is 68.0 Å². The van der Waals surface area contributed by atoms with Gasteiger partial charge in [0.15, 0.2) is 0 Å². The van der Waals surface area contributed by atoms with Gasteiger partial charge >= 0.3 is 12.2 Å². The van der Waals surface area contributed by atoms with Crippen molar-refractivity contribution in [3.63, 3.8) is 0 Å². The van der Waals surface area contributed by atoms with Gasteiger partial charge in [0.25, 0.3) is 0 Å². The smallest absolute Gasteiger partial charge is 0.411 e. The van der Waals surface area contributed by atoms with Crippen molar-refractivity contribution in [3.8, 4) is 11.1 Å². The minimum Gasteiger partial charge on any atom is -0.449 e. The first-order valence-electron chi connectivity index (χ1n) is 17.7. The van der Waals surface area contributed by atoms with E-state index in [9.17, 15) is 14.4 Å². The molecular formula is C39H53N5O5. The van der Waals surface area contributed by atoms with Crippen molar-refractivity contribution in [1.29, 1.82) is 0 Å². The molecule has 3 amide bonds. The summed E-state index contributed by atoms with van der Waals surface area (Å²) in [7, 11) is 1.88. The van der Waals surface area contributed by atoms with Crippen molar-refractivity contribution in [2.45, 2.75) is 70.9 Å². The summed E-state index contributed by atoms with van der Waals surface area (Å²) in [5, 5.41) is 9.13. The summed E-state index contributed by atoms with van der Waals surface area (Å²) in [6, 6.07) is 25.5. The largest absolute Gasteiger partial charge is 0.449 e. The molecule has 3 N–H and O–H groups in total. The number of hydrogen-bond acceptors (Lipinski definition) is 7. The predicted octanol–water partition coefficient (Wildman–Crippen LogP) is 7.52. The Labute approximate surface area is 291 Å². The summed E-state index contributed by atoms with van der Waals surface area (Å²) in [4.78, 5) is 41.3. The number of nitrogens with one attached hydrogen (secondary N) is 3. The second-order valence-corrected chi connectivity index (χ2v) is 12.6. The molecule has 0 bridgehead atoms. The zero-order valence-corrected chi connectivity index (χ0v) is 29.1. The van der Waals surface area contributed by atoms with Gasteiger partial charge in [-0.3, -0.25) is 15.4 Å². The van der Waals surface area contributed by atoms with Crippen molar-refractivity contribution in [2.75, 3.05) is 57.0 Å². The van der Waals surface area contributed by atoms with Gasteiger partial charge in [0.05, 0.1) is 12.3 Å². The van der Waals surface area contributed by atoms with Crippen LogP contribution in [-0.4, -0.2) is 80.4 Å². The molecule has 0 aliphatic carbocycles. The fourth-order valence-corrected chi connectivity index (χ4v) is 5.71. The Morgan fingerprint density at radius 2 is 1.57 bits per heavy atom. The van der Waals surface area contributed by atoms with E-state index in [1.165, 1.54) is 0 Å². The predicted molar refractivity (Wildman–Crippen MR) is 196 cm³/mol. The molecule has 0 spiro atoms. The third kappa shape index (κ3) is 13.6. The van der Waals surface area contributed by atoms with E-state index < -0.39 is 12.2 Å². The molecule has 0 aromatic heterocycles. The number of anilines is 2. The first-order valence-corrected chi connectivity index (χ1v) is 17.7. The Balaban J connectivity index is 1.02. The summed E-state index contributed by atoms with van der Waals surface area (Å²) >= 11 is 0. The summed E-state index contributed by atoms with van der Waals surface area (Å²) in [6.07, 6.45) is 5.87. The molecule has 0 saturated carbocycles. The van der Waals surface area contributed by atoms with Gasteiger partial charge in [-0.25, -0.2) is 9.59 Å². The van der Waals surface area contributed by atoms with Gasteiger partial charge in [0.2, 0.25) is 5.91 Å². The third-order valence-electron chi connectivity index (χ3n) is 8.74. The molecule has 4 rings (SSSR count). The summed E-state index contributed by atoms with van der Waals surface area (Å²) < 4.78 is 10.9. The van der Waals surface area contributed by atoms with Gasteiger partial charge in [-0.2, -0.15) is 0 Å². The van der Waals surface area contributed by atoms with Crippen molar-refractivity contribution in [1.82, 2.24) is 15.1 Å². The molecule has 264 valence electrons. The van der Waals surface area contributed by atoms with Crippen molar-refractivity contribution < 1.29 is 23.9 Å². The Bertz CT molecular complexity index is 1430. The third-order valence-corrected chi connectivity index (χ3v) is 8.74. The van der Waals surface area contributed by atoms with Gasteiger partial charge in [0, 0.05) is 57.4 Å². The fourth-order valence-electron chi connectivity index (χ4n) is 5.71. The molecule has 0 atom stereocenters. The topological polar surface area (TPSA) is 112 Å². The number of likely N-dealkylation sites (N-methyl/N-ethyl adjacent to an activating group) is 1. The second kappa shape index (κ2) is 20.8. The zero-order valence-electron chi connectivity index (χ0n) is 29.1. The van der Waals surface area contributed by atoms with Crippen LogP contribution in [0.4, 0.5) is 21.0 Å². The highest BCUT2D eigenvalue weighted by Gasteiger charge is 2.23. The van der Waals surface area contributed by atoms with Crippen LogP contribution in [0.5, 0.6) is 0 Å². The molecule has 3 aromatic carbocycles. The quantitative estimate of drug-likeness (QED) is 0.120. The number of ether oxygens (including phenoxy) is 2. The lowest BCUT2D eigenvalue weighted by Gasteiger charge is -2.32. The normalized spacial score (nSPS) is 13.4. The Hall–Kier alpha value is -4.41.